The summed E-state index contributed by atoms with van der Waals surface area (Å²) in [5, 5.41) is 9.88. The molecule has 0 saturated heterocycles. The maximum Gasteiger partial charge on any atom is 0.347 e. The zero-order valence-electron chi connectivity index (χ0n) is 12.0. The number of carboxylic acid groups (broad SMARTS) is 1. The maximum atomic E-state index is 11.1. The number of rotatable bonds is 3. The number of hydrogen-bond acceptors (Lipinski definition) is 6. The van der Waals surface area contributed by atoms with Gasteiger partial charge in [-0.05, 0) is 42.8 Å². The lowest BCUT2D eigenvalue weighted by atomic mass is 10.1. The molecule has 0 amide bonds. The van der Waals surface area contributed by atoms with Crippen molar-refractivity contribution in [1.82, 2.24) is 4.98 Å². The van der Waals surface area contributed by atoms with Crippen LogP contribution in [-0.2, 0) is 0 Å². The summed E-state index contributed by atoms with van der Waals surface area (Å²) in [6.45, 7) is 1.97. The van der Waals surface area contributed by atoms with Gasteiger partial charge in [-0.3, -0.25) is 0 Å². The summed E-state index contributed by atoms with van der Waals surface area (Å²) in [4.78, 5) is 17.8. The second kappa shape index (κ2) is 5.36. The van der Waals surface area contributed by atoms with Gasteiger partial charge in [-0.2, -0.15) is 0 Å². The van der Waals surface area contributed by atoms with Crippen LogP contribution in [-0.4, -0.2) is 22.9 Å². The van der Waals surface area contributed by atoms with E-state index in [9.17, 15) is 4.79 Å². The van der Waals surface area contributed by atoms with Gasteiger partial charge in [-0.15, -0.1) is 22.7 Å². The summed E-state index contributed by atoms with van der Waals surface area (Å²) >= 11 is 2.78. The van der Waals surface area contributed by atoms with E-state index < -0.39 is 5.97 Å². The molecule has 0 atom stereocenters. The van der Waals surface area contributed by atoms with Gasteiger partial charge < -0.3 is 14.6 Å². The highest BCUT2D eigenvalue weighted by Gasteiger charge is 2.18. The number of carboxylic acids is 1. The molecule has 23 heavy (non-hydrogen) atoms. The molecule has 0 spiro atoms. The third kappa shape index (κ3) is 2.47. The average Bonchev–Trinajstić information content (AvgIpc) is 3.24. The third-order valence-corrected chi connectivity index (χ3v) is 5.91. The Balaban J connectivity index is 1.69. The molecule has 1 N–H and O–H groups in total. The molecule has 0 aliphatic carbocycles. The van der Waals surface area contributed by atoms with E-state index in [0.29, 0.717) is 5.69 Å². The van der Waals surface area contributed by atoms with Gasteiger partial charge in [0.05, 0.1) is 10.6 Å². The summed E-state index contributed by atoms with van der Waals surface area (Å²) in [6, 6.07) is 9.81. The number of thiophene rings is 1. The fraction of sp³-hybridized carbons (Fsp3) is 0.125. The predicted octanol–water partition coefficient (Wildman–Crippen LogP) is 4.27. The van der Waals surface area contributed by atoms with E-state index in [0.717, 1.165) is 31.8 Å². The lowest BCUT2D eigenvalue weighted by molar-refractivity contribution is 0.0701. The zero-order chi connectivity index (χ0) is 16.0. The van der Waals surface area contributed by atoms with Crippen molar-refractivity contribution in [2.24, 2.45) is 0 Å². The Bertz CT molecular complexity index is 913. The SMILES string of the molecule is Cc1nc(-c2ccc(-c3ccc4c(c3)OCO4)s2)sc1C(=O)O. The predicted molar refractivity (Wildman–Crippen MR) is 88.7 cm³/mol. The first-order valence-electron chi connectivity index (χ1n) is 6.83. The van der Waals surface area contributed by atoms with Crippen molar-refractivity contribution >= 4 is 28.6 Å². The van der Waals surface area contributed by atoms with Gasteiger partial charge in [0, 0.05) is 4.88 Å². The van der Waals surface area contributed by atoms with Crippen LogP contribution in [0.25, 0.3) is 20.3 Å². The van der Waals surface area contributed by atoms with Crippen molar-refractivity contribution in [3.8, 4) is 31.8 Å². The number of benzene rings is 1. The molecule has 0 fully saturated rings. The smallest absolute Gasteiger partial charge is 0.347 e. The molecule has 1 aliphatic heterocycles. The Kier molecular flexibility index (Phi) is 3.32. The highest BCUT2D eigenvalue weighted by Crippen LogP contribution is 2.41. The average molecular weight is 345 g/mol. The van der Waals surface area contributed by atoms with Crippen molar-refractivity contribution in [3.63, 3.8) is 0 Å². The van der Waals surface area contributed by atoms with Crippen LogP contribution in [0.2, 0.25) is 0 Å². The number of ether oxygens (including phenoxy) is 2. The van der Waals surface area contributed by atoms with Gasteiger partial charge in [-0.1, -0.05) is 0 Å². The van der Waals surface area contributed by atoms with Crippen molar-refractivity contribution in [3.05, 3.63) is 40.9 Å². The summed E-state index contributed by atoms with van der Waals surface area (Å²) in [7, 11) is 0. The number of thiazole rings is 1. The van der Waals surface area contributed by atoms with E-state index in [-0.39, 0.29) is 11.7 Å². The van der Waals surface area contributed by atoms with Gasteiger partial charge in [0.1, 0.15) is 9.88 Å². The van der Waals surface area contributed by atoms with Gasteiger partial charge in [0.2, 0.25) is 6.79 Å². The molecule has 5 nitrogen and oxygen atoms in total. The van der Waals surface area contributed by atoms with Gasteiger partial charge >= 0.3 is 5.97 Å². The van der Waals surface area contributed by atoms with Crippen molar-refractivity contribution in [2.45, 2.75) is 6.92 Å². The third-order valence-electron chi connectivity index (χ3n) is 3.46. The molecule has 4 rings (SSSR count). The number of fused-ring (bicyclic) bond motifs is 1. The highest BCUT2D eigenvalue weighted by atomic mass is 32.1. The molecule has 2 aromatic heterocycles. The van der Waals surface area contributed by atoms with Crippen LogP contribution in [0.5, 0.6) is 11.5 Å². The molecule has 0 unspecified atom stereocenters. The van der Waals surface area contributed by atoms with Crippen LogP contribution < -0.4 is 9.47 Å². The van der Waals surface area contributed by atoms with Crippen LogP contribution in [0.3, 0.4) is 0 Å². The lowest BCUT2D eigenvalue weighted by Crippen LogP contribution is -1.94. The van der Waals surface area contributed by atoms with Gasteiger partial charge in [0.15, 0.2) is 11.5 Å². The van der Waals surface area contributed by atoms with E-state index in [2.05, 4.69) is 4.98 Å². The lowest BCUT2D eigenvalue weighted by Gasteiger charge is -1.99. The van der Waals surface area contributed by atoms with E-state index in [1.807, 2.05) is 30.3 Å². The molecule has 116 valence electrons. The Hall–Kier alpha value is -2.38. The second-order valence-electron chi connectivity index (χ2n) is 4.97. The number of hydrogen-bond donors (Lipinski definition) is 1. The number of aromatic nitrogens is 1. The number of nitrogens with zero attached hydrogens (tertiary/aromatic N) is 1. The Morgan fingerprint density at radius 1 is 1.13 bits per heavy atom. The van der Waals surface area contributed by atoms with Gasteiger partial charge in [0.25, 0.3) is 0 Å². The summed E-state index contributed by atoms with van der Waals surface area (Å²) in [6.07, 6.45) is 0. The van der Waals surface area contributed by atoms with Crippen LogP contribution in [0, 0.1) is 6.92 Å². The van der Waals surface area contributed by atoms with Crippen LogP contribution >= 0.6 is 22.7 Å². The molecule has 1 aromatic carbocycles. The molecule has 1 aliphatic rings. The van der Waals surface area contributed by atoms with Crippen LogP contribution in [0.4, 0.5) is 0 Å². The fourth-order valence-electron chi connectivity index (χ4n) is 2.36. The largest absolute Gasteiger partial charge is 0.477 e. The molecule has 0 bridgehead atoms. The van der Waals surface area contributed by atoms with Gasteiger partial charge in [-0.25, -0.2) is 9.78 Å². The first-order chi connectivity index (χ1) is 11.1. The minimum Gasteiger partial charge on any atom is -0.477 e. The van der Waals surface area contributed by atoms with E-state index >= 15 is 0 Å². The van der Waals surface area contributed by atoms with Crippen LogP contribution in [0.1, 0.15) is 15.4 Å². The van der Waals surface area contributed by atoms with E-state index in [4.69, 9.17) is 14.6 Å². The maximum absolute atomic E-state index is 11.1. The summed E-state index contributed by atoms with van der Waals surface area (Å²) in [5.74, 6) is 0.571. The molecule has 3 heterocycles. The first kappa shape index (κ1) is 14.2. The number of aromatic carboxylic acids is 1. The number of carbonyl (C=O) groups is 1. The summed E-state index contributed by atoms with van der Waals surface area (Å²) < 4.78 is 10.7. The molecule has 7 heteroatoms. The zero-order valence-corrected chi connectivity index (χ0v) is 13.7. The standard InChI is InChI=1S/C16H11NO4S2/c1-8-14(16(18)19)23-15(17-8)13-5-4-12(22-13)9-2-3-10-11(6-9)21-7-20-10/h2-6H,7H2,1H3,(H,18,19). The van der Waals surface area contributed by atoms with E-state index in [1.54, 1.807) is 18.3 Å². The molecule has 3 aromatic rings. The Labute approximate surface area is 139 Å². The Morgan fingerprint density at radius 2 is 1.91 bits per heavy atom. The monoisotopic (exact) mass is 345 g/mol. The van der Waals surface area contributed by atoms with Crippen LogP contribution in [0.15, 0.2) is 30.3 Å². The summed E-state index contributed by atoms with van der Waals surface area (Å²) in [5.41, 5.74) is 1.59. The second-order valence-corrected chi connectivity index (χ2v) is 7.05. The fourth-order valence-corrected chi connectivity index (χ4v) is 4.32. The Morgan fingerprint density at radius 3 is 2.70 bits per heavy atom. The minimum atomic E-state index is -0.932. The van der Waals surface area contributed by atoms with Crippen molar-refractivity contribution in [2.75, 3.05) is 6.79 Å². The minimum absolute atomic E-state index is 0.255. The topological polar surface area (TPSA) is 68.7 Å². The number of aryl methyl sites for hydroxylation is 1. The first-order valence-corrected chi connectivity index (χ1v) is 8.46. The van der Waals surface area contributed by atoms with Crippen molar-refractivity contribution < 1.29 is 19.4 Å². The quantitative estimate of drug-likeness (QED) is 0.767. The molecular weight excluding hydrogens is 334 g/mol. The molecule has 0 radical (unpaired) electrons. The molecular formula is C16H11NO4S2. The normalized spacial score (nSPS) is 12.6. The van der Waals surface area contributed by atoms with Crippen molar-refractivity contribution in [1.29, 1.82) is 0 Å². The molecule has 0 saturated carbocycles. The highest BCUT2D eigenvalue weighted by molar-refractivity contribution is 7.24. The van der Waals surface area contributed by atoms with E-state index in [1.165, 1.54) is 11.3 Å².